The Morgan fingerprint density at radius 2 is 2.00 bits per heavy atom. The quantitative estimate of drug-likeness (QED) is 0.794. The van der Waals surface area contributed by atoms with Crippen molar-refractivity contribution < 1.29 is 4.74 Å². The molecule has 0 atom stereocenters. The van der Waals surface area contributed by atoms with Crippen LogP contribution in [0.25, 0.3) is 0 Å². The van der Waals surface area contributed by atoms with Crippen molar-refractivity contribution in [3.8, 4) is 17.7 Å². The summed E-state index contributed by atoms with van der Waals surface area (Å²) < 4.78 is 5.46. The molecule has 0 fully saturated rings. The molecule has 1 aromatic heterocycles. The van der Waals surface area contributed by atoms with Gasteiger partial charge in [-0.15, -0.1) is 0 Å². The van der Waals surface area contributed by atoms with E-state index in [1.807, 2.05) is 6.07 Å². The summed E-state index contributed by atoms with van der Waals surface area (Å²) in [5.74, 6) is 0.969. The van der Waals surface area contributed by atoms with Crippen LogP contribution in [0.15, 0.2) is 42.5 Å². The Morgan fingerprint density at radius 3 is 2.75 bits per heavy atom. The molecular weight excluding hydrogens is 224 g/mol. The van der Waals surface area contributed by atoms with Gasteiger partial charge in [-0.05, 0) is 24.3 Å². The third-order valence-corrected chi connectivity index (χ3v) is 2.09. The minimum absolute atomic E-state index is 0.319. The maximum Gasteiger partial charge on any atom is 0.220 e. The highest BCUT2D eigenvalue weighted by Gasteiger charge is 2.00. The Bertz CT molecular complexity index is 549. The molecule has 3 nitrogen and oxygen atoms in total. The van der Waals surface area contributed by atoms with Crippen LogP contribution in [0.1, 0.15) is 5.69 Å². The summed E-state index contributed by atoms with van der Waals surface area (Å²) in [7, 11) is 0. The molecule has 0 spiro atoms. The zero-order valence-electron chi connectivity index (χ0n) is 8.22. The Morgan fingerprint density at radius 1 is 1.19 bits per heavy atom. The first-order valence-electron chi connectivity index (χ1n) is 4.58. The second-order valence-corrected chi connectivity index (χ2v) is 3.47. The lowest BCUT2D eigenvalue weighted by Crippen LogP contribution is -1.89. The fourth-order valence-electron chi connectivity index (χ4n) is 1.19. The second-order valence-electron chi connectivity index (χ2n) is 3.03. The minimum Gasteiger partial charge on any atom is -0.439 e. The van der Waals surface area contributed by atoms with Crippen LogP contribution in [0.5, 0.6) is 11.6 Å². The molecule has 2 aromatic rings. The number of halogens is 1. The highest BCUT2D eigenvalue weighted by atomic mass is 35.5. The topological polar surface area (TPSA) is 45.9 Å². The van der Waals surface area contributed by atoms with E-state index in [-0.39, 0.29) is 0 Å². The molecular formula is C12H7ClN2O. The first-order valence-corrected chi connectivity index (χ1v) is 4.96. The number of rotatable bonds is 2. The first kappa shape index (κ1) is 10.5. The van der Waals surface area contributed by atoms with Gasteiger partial charge in [0.1, 0.15) is 17.5 Å². The van der Waals surface area contributed by atoms with Crippen LogP contribution in [0.4, 0.5) is 0 Å². The number of hydrogen-bond donors (Lipinski definition) is 0. The van der Waals surface area contributed by atoms with Crippen LogP contribution in [0.2, 0.25) is 5.02 Å². The normalized spacial score (nSPS) is 9.50. The molecule has 0 aliphatic carbocycles. The number of nitriles is 1. The smallest absolute Gasteiger partial charge is 0.220 e. The van der Waals surface area contributed by atoms with Crippen molar-refractivity contribution in [3.05, 3.63) is 53.2 Å². The third kappa shape index (κ3) is 2.50. The maximum absolute atomic E-state index is 8.68. The molecule has 78 valence electrons. The van der Waals surface area contributed by atoms with Crippen molar-refractivity contribution in [3.63, 3.8) is 0 Å². The highest BCUT2D eigenvalue weighted by molar-refractivity contribution is 6.30. The Kier molecular flexibility index (Phi) is 3.04. The van der Waals surface area contributed by atoms with Gasteiger partial charge in [-0.25, -0.2) is 4.98 Å². The van der Waals surface area contributed by atoms with Gasteiger partial charge >= 0.3 is 0 Å². The van der Waals surface area contributed by atoms with Crippen LogP contribution < -0.4 is 4.74 Å². The van der Waals surface area contributed by atoms with Gasteiger partial charge in [0.2, 0.25) is 5.88 Å². The molecule has 0 saturated heterocycles. The van der Waals surface area contributed by atoms with Crippen LogP contribution >= 0.6 is 11.6 Å². The lowest BCUT2D eigenvalue weighted by Gasteiger charge is -2.04. The largest absolute Gasteiger partial charge is 0.439 e. The fourth-order valence-corrected chi connectivity index (χ4v) is 1.37. The van der Waals surface area contributed by atoms with Crippen molar-refractivity contribution in [1.82, 2.24) is 4.98 Å². The van der Waals surface area contributed by atoms with Crippen LogP contribution in [0.3, 0.4) is 0 Å². The van der Waals surface area contributed by atoms with Crippen LogP contribution in [-0.2, 0) is 0 Å². The third-order valence-electron chi connectivity index (χ3n) is 1.86. The van der Waals surface area contributed by atoms with Gasteiger partial charge in [-0.3, -0.25) is 0 Å². The van der Waals surface area contributed by atoms with Gasteiger partial charge in [-0.2, -0.15) is 5.26 Å². The Labute approximate surface area is 97.9 Å². The standard InChI is InChI=1S/C12H7ClN2O/c13-9-3-1-5-11(7-9)16-12-6-2-4-10(8-14)15-12/h1-7H. The van der Waals surface area contributed by atoms with Gasteiger partial charge in [0, 0.05) is 11.1 Å². The Hall–Kier alpha value is -2.05. The lowest BCUT2D eigenvalue weighted by molar-refractivity contribution is 0.462. The molecule has 0 aliphatic rings. The molecule has 2 rings (SSSR count). The number of nitrogens with zero attached hydrogens (tertiary/aromatic N) is 2. The monoisotopic (exact) mass is 230 g/mol. The van der Waals surface area contributed by atoms with Crippen molar-refractivity contribution >= 4 is 11.6 Å². The molecule has 0 amide bonds. The molecule has 0 N–H and O–H groups in total. The second kappa shape index (κ2) is 4.65. The molecule has 0 unspecified atom stereocenters. The van der Waals surface area contributed by atoms with E-state index in [1.54, 1.807) is 42.5 Å². The summed E-state index contributed by atoms with van der Waals surface area (Å²) >= 11 is 5.82. The van der Waals surface area contributed by atoms with E-state index in [4.69, 9.17) is 21.6 Å². The first-order chi connectivity index (χ1) is 7.78. The average molecular weight is 231 g/mol. The van der Waals surface area contributed by atoms with Gasteiger partial charge in [-0.1, -0.05) is 23.7 Å². The van der Waals surface area contributed by atoms with E-state index in [2.05, 4.69) is 4.98 Å². The number of hydrogen-bond acceptors (Lipinski definition) is 3. The predicted molar refractivity (Wildman–Crippen MR) is 60.5 cm³/mol. The van der Waals surface area contributed by atoms with Crippen molar-refractivity contribution in [1.29, 1.82) is 5.26 Å². The number of ether oxygens (including phenoxy) is 1. The molecule has 0 saturated carbocycles. The maximum atomic E-state index is 8.68. The summed E-state index contributed by atoms with van der Waals surface area (Å²) in [5, 5.41) is 9.27. The number of aromatic nitrogens is 1. The predicted octanol–water partition coefficient (Wildman–Crippen LogP) is 3.40. The zero-order valence-corrected chi connectivity index (χ0v) is 8.98. The summed E-state index contributed by atoms with van der Waals surface area (Å²) in [4.78, 5) is 3.99. The molecule has 0 bridgehead atoms. The molecule has 0 aliphatic heterocycles. The van der Waals surface area contributed by atoms with Gasteiger partial charge in [0.15, 0.2) is 0 Å². The van der Waals surface area contributed by atoms with Gasteiger partial charge < -0.3 is 4.74 Å². The highest BCUT2D eigenvalue weighted by Crippen LogP contribution is 2.22. The van der Waals surface area contributed by atoms with Gasteiger partial charge in [0.05, 0.1) is 0 Å². The van der Waals surface area contributed by atoms with Crippen LogP contribution in [-0.4, -0.2) is 4.98 Å². The molecule has 1 aromatic carbocycles. The van der Waals surface area contributed by atoms with Crippen LogP contribution in [0, 0.1) is 11.3 Å². The van der Waals surface area contributed by atoms with E-state index in [0.29, 0.717) is 22.3 Å². The molecule has 4 heteroatoms. The Balaban J connectivity index is 2.24. The average Bonchev–Trinajstić information content (AvgIpc) is 2.29. The summed E-state index contributed by atoms with van der Waals surface area (Å²) in [6.07, 6.45) is 0. The molecule has 1 heterocycles. The SMILES string of the molecule is N#Cc1cccc(Oc2cccc(Cl)c2)n1. The minimum atomic E-state index is 0.319. The number of pyridine rings is 1. The van der Waals surface area contributed by atoms with E-state index in [1.165, 1.54) is 0 Å². The van der Waals surface area contributed by atoms with E-state index in [9.17, 15) is 0 Å². The van der Waals surface area contributed by atoms with Gasteiger partial charge in [0.25, 0.3) is 0 Å². The molecule has 0 radical (unpaired) electrons. The van der Waals surface area contributed by atoms with E-state index < -0.39 is 0 Å². The molecule has 16 heavy (non-hydrogen) atoms. The summed E-state index contributed by atoms with van der Waals surface area (Å²) in [6.45, 7) is 0. The number of benzene rings is 1. The summed E-state index contributed by atoms with van der Waals surface area (Å²) in [6, 6.07) is 14.0. The van der Waals surface area contributed by atoms with E-state index >= 15 is 0 Å². The summed E-state index contributed by atoms with van der Waals surface area (Å²) in [5.41, 5.74) is 0.319. The van der Waals surface area contributed by atoms with Crippen molar-refractivity contribution in [2.75, 3.05) is 0 Å². The van der Waals surface area contributed by atoms with Crippen molar-refractivity contribution in [2.24, 2.45) is 0 Å². The lowest BCUT2D eigenvalue weighted by atomic mass is 10.3. The van der Waals surface area contributed by atoms with Crippen molar-refractivity contribution in [2.45, 2.75) is 0 Å². The fraction of sp³-hybridized carbons (Fsp3) is 0. The van der Waals surface area contributed by atoms with E-state index in [0.717, 1.165) is 0 Å². The zero-order chi connectivity index (χ0) is 11.4.